The second-order valence-electron chi connectivity index (χ2n) is 3.39. The lowest BCUT2D eigenvalue weighted by Gasteiger charge is -2.05. The Morgan fingerprint density at radius 2 is 1.79 bits per heavy atom. The molecule has 0 aromatic heterocycles. The number of benzene rings is 1. The van der Waals surface area contributed by atoms with Crippen LogP contribution in [0.3, 0.4) is 0 Å². The molecular formula is C17H28N2. The minimum atomic E-state index is 0. The van der Waals surface area contributed by atoms with Crippen molar-refractivity contribution in [2.45, 2.75) is 40.7 Å². The molecule has 1 aliphatic rings. The van der Waals surface area contributed by atoms with E-state index in [1.165, 1.54) is 5.56 Å². The standard InChI is InChI=1S/C13H14N2.2C2H6.H2/c1-2-6-12(7-3-1)10-15-13-8-4-5-9-14-11-13;2*1-2;/h1-4,6-9,11,15H,5,10H2;2*1-2H3;1H. The molecule has 1 aromatic rings. The fourth-order valence-corrected chi connectivity index (χ4v) is 1.40. The highest BCUT2D eigenvalue weighted by atomic mass is 14.9. The molecule has 19 heavy (non-hydrogen) atoms. The van der Waals surface area contributed by atoms with Crippen molar-refractivity contribution in [1.82, 2.24) is 5.32 Å². The number of allylic oxidation sites excluding steroid dienone is 2. The van der Waals surface area contributed by atoms with E-state index in [2.05, 4.69) is 34.6 Å². The predicted octanol–water partition coefficient (Wildman–Crippen LogP) is 4.95. The van der Waals surface area contributed by atoms with E-state index in [4.69, 9.17) is 0 Å². The van der Waals surface area contributed by atoms with Crippen LogP contribution in [0.5, 0.6) is 0 Å². The maximum Gasteiger partial charge on any atom is 0.0525 e. The van der Waals surface area contributed by atoms with Crippen molar-refractivity contribution in [1.29, 1.82) is 0 Å². The van der Waals surface area contributed by atoms with Gasteiger partial charge in [0, 0.05) is 26.8 Å². The van der Waals surface area contributed by atoms with E-state index in [0.717, 1.165) is 18.7 Å². The molecule has 0 aliphatic carbocycles. The maximum atomic E-state index is 4.15. The molecule has 106 valence electrons. The first-order valence-corrected chi connectivity index (χ1v) is 7.11. The van der Waals surface area contributed by atoms with Gasteiger partial charge in [-0.05, 0) is 11.6 Å². The quantitative estimate of drug-likeness (QED) is 0.817. The Kier molecular flexibility index (Phi) is 11.4. The highest BCUT2D eigenvalue weighted by Crippen LogP contribution is 2.02. The van der Waals surface area contributed by atoms with Gasteiger partial charge >= 0.3 is 0 Å². The van der Waals surface area contributed by atoms with Gasteiger partial charge in [0.25, 0.3) is 0 Å². The zero-order chi connectivity index (χ0) is 14.3. The fraction of sp³-hybridized carbons (Fsp3) is 0.353. The fourth-order valence-electron chi connectivity index (χ4n) is 1.40. The summed E-state index contributed by atoms with van der Waals surface area (Å²) in [6.07, 6.45) is 8.82. The van der Waals surface area contributed by atoms with E-state index in [9.17, 15) is 0 Å². The van der Waals surface area contributed by atoms with Crippen LogP contribution < -0.4 is 5.32 Å². The Bertz CT molecular complexity index is 395. The third kappa shape index (κ3) is 7.98. The molecule has 0 saturated carbocycles. The lowest BCUT2D eigenvalue weighted by molar-refractivity contribution is 0.830. The summed E-state index contributed by atoms with van der Waals surface area (Å²) in [5.41, 5.74) is 2.34. The molecule has 0 amide bonds. The van der Waals surface area contributed by atoms with Gasteiger partial charge in [0.2, 0.25) is 0 Å². The van der Waals surface area contributed by atoms with E-state index in [1.807, 2.05) is 58.3 Å². The summed E-state index contributed by atoms with van der Waals surface area (Å²) in [4.78, 5) is 4.15. The molecule has 1 N–H and O–H groups in total. The molecule has 0 saturated heterocycles. The van der Waals surface area contributed by atoms with Crippen LogP contribution >= 0.6 is 0 Å². The molecular weight excluding hydrogens is 232 g/mol. The monoisotopic (exact) mass is 260 g/mol. The predicted molar refractivity (Wildman–Crippen MR) is 88.4 cm³/mol. The summed E-state index contributed by atoms with van der Waals surface area (Å²) in [6.45, 7) is 8.84. The zero-order valence-corrected chi connectivity index (χ0v) is 12.6. The number of nitrogens with one attached hydrogen (secondary N) is 1. The van der Waals surface area contributed by atoms with Gasteiger partial charge in [0.1, 0.15) is 0 Å². The first-order chi connectivity index (χ1) is 9.45. The third-order valence-corrected chi connectivity index (χ3v) is 2.20. The number of aliphatic imine (C=N–C) groups is 1. The molecule has 1 heterocycles. The van der Waals surface area contributed by atoms with Gasteiger partial charge < -0.3 is 5.32 Å². The van der Waals surface area contributed by atoms with Crippen molar-refractivity contribution in [3.63, 3.8) is 0 Å². The third-order valence-electron chi connectivity index (χ3n) is 2.20. The molecule has 0 atom stereocenters. The molecule has 2 heteroatoms. The topological polar surface area (TPSA) is 24.4 Å². The normalized spacial score (nSPS) is 12.1. The van der Waals surface area contributed by atoms with E-state index < -0.39 is 0 Å². The molecule has 0 bridgehead atoms. The Balaban J connectivity index is 0. The summed E-state index contributed by atoms with van der Waals surface area (Å²) in [5, 5.41) is 3.34. The average molecular weight is 260 g/mol. The van der Waals surface area contributed by atoms with Crippen molar-refractivity contribution in [3.05, 3.63) is 59.9 Å². The van der Waals surface area contributed by atoms with Gasteiger partial charge in [-0.15, -0.1) is 0 Å². The molecule has 2 rings (SSSR count). The molecule has 0 fully saturated rings. The largest absolute Gasteiger partial charge is 0.380 e. The minimum Gasteiger partial charge on any atom is -0.380 e. The molecule has 0 spiro atoms. The van der Waals surface area contributed by atoms with E-state index >= 15 is 0 Å². The molecule has 2 nitrogen and oxygen atoms in total. The first-order valence-electron chi connectivity index (χ1n) is 7.11. The minimum absolute atomic E-state index is 0. The average Bonchev–Trinajstić information content (AvgIpc) is 2.79. The maximum absolute atomic E-state index is 4.15. The molecule has 1 aromatic carbocycles. The van der Waals surface area contributed by atoms with Crippen molar-refractivity contribution in [3.8, 4) is 0 Å². The van der Waals surface area contributed by atoms with Crippen molar-refractivity contribution in [2.24, 2.45) is 4.99 Å². The zero-order valence-electron chi connectivity index (χ0n) is 12.6. The Morgan fingerprint density at radius 1 is 1.11 bits per heavy atom. The summed E-state index contributed by atoms with van der Waals surface area (Å²) in [5.74, 6) is 0. The van der Waals surface area contributed by atoms with Crippen LogP contribution in [0.25, 0.3) is 0 Å². The summed E-state index contributed by atoms with van der Waals surface area (Å²) in [6, 6.07) is 10.3. The van der Waals surface area contributed by atoms with Crippen molar-refractivity contribution >= 4 is 6.21 Å². The van der Waals surface area contributed by atoms with E-state index in [0.29, 0.717) is 0 Å². The molecule has 0 radical (unpaired) electrons. The van der Waals surface area contributed by atoms with Crippen LogP contribution in [-0.2, 0) is 6.54 Å². The van der Waals surface area contributed by atoms with Gasteiger partial charge in [-0.1, -0.05) is 64.1 Å². The van der Waals surface area contributed by atoms with Crippen LogP contribution in [0.1, 0.15) is 41.1 Å². The van der Waals surface area contributed by atoms with Crippen LogP contribution in [-0.4, -0.2) is 6.21 Å². The lowest BCUT2D eigenvalue weighted by atomic mass is 10.2. The van der Waals surface area contributed by atoms with Crippen molar-refractivity contribution < 1.29 is 1.43 Å². The Hall–Kier alpha value is -1.83. The highest BCUT2D eigenvalue weighted by molar-refractivity contribution is 5.61. The summed E-state index contributed by atoms with van der Waals surface area (Å²) < 4.78 is 0. The number of rotatable bonds is 3. The van der Waals surface area contributed by atoms with Gasteiger partial charge in [-0.25, -0.2) is 0 Å². The van der Waals surface area contributed by atoms with Gasteiger partial charge in [0.15, 0.2) is 0 Å². The van der Waals surface area contributed by atoms with Gasteiger partial charge in [-0.3, -0.25) is 4.99 Å². The molecule has 1 aliphatic heterocycles. The Morgan fingerprint density at radius 3 is 2.47 bits per heavy atom. The highest BCUT2D eigenvalue weighted by Gasteiger charge is 1.94. The lowest BCUT2D eigenvalue weighted by Crippen LogP contribution is -2.10. The van der Waals surface area contributed by atoms with Crippen molar-refractivity contribution in [2.75, 3.05) is 0 Å². The number of hydrogen-bond donors (Lipinski definition) is 1. The van der Waals surface area contributed by atoms with E-state index in [-0.39, 0.29) is 1.43 Å². The summed E-state index contributed by atoms with van der Waals surface area (Å²) in [7, 11) is 0. The SMILES string of the molecule is C1=CC(NCc2ccccc2)=CN=CC1.CC.CC.[HH]. The van der Waals surface area contributed by atoms with Crippen LogP contribution in [0.15, 0.2) is 59.4 Å². The molecule has 0 unspecified atom stereocenters. The van der Waals surface area contributed by atoms with Gasteiger partial charge in [-0.2, -0.15) is 0 Å². The second kappa shape index (κ2) is 12.6. The second-order valence-corrected chi connectivity index (χ2v) is 3.39. The van der Waals surface area contributed by atoms with E-state index in [1.54, 1.807) is 0 Å². The van der Waals surface area contributed by atoms with Crippen LogP contribution in [0, 0.1) is 0 Å². The first kappa shape index (κ1) is 17.2. The smallest absolute Gasteiger partial charge is 0.0525 e. The number of hydrogen-bond acceptors (Lipinski definition) is 2. The Labute approximate surface area is 119 Å². The summed E-state index contributed by atoms with van der Waals surface area (Å²) >= 11 is 0. The van der Waals surface area contributed by atoms with Crippen LogP contribution in [0.4, 0.5) is 0 Å². The van der Waals surface area contributed by atoms with Gasteiger partial charge in [0.05, 0.1) is 5.70 Å². The number of nitrogens with zero attached hydrogens (tertiary/aromatic N) is 1. The van der Waals surface area contributed by atoms with Crippen LogP contribution in [0.2, 0.25) is 0 Å².